The van der Waals surface area contributed by atoms with Crippen molar-refractivity contribution in [2.75, 3.05) is 25.6 Å². The van der Waals surface area contributed by atoms with Gasteiger partial charge in [0.05, 0.1) is 0 Å². The van der Waals surface area contributed by atoms with E-state index in [9.17, 15) is 0 Å². The van der Waals surface area contributed by atoms with Crippen LogP contribution in [0.3, 0.4) is 0 Å². The van der Waals surface area contributed by atoms with Gasteiger partial charge >= 0.3 is 0 Å². The lowest BCUT2D eigenvalue weighted by molar-refractivity contribution is 0.194. The van der Waals surface area contributed by atoms with Gasteiger partial charge in [-0.2, -0.15) is 4.98 Å². The highest BCUT2D eigenvalue weighted by Crippen LogP contribution is 2.06. The van der Waals surface area contributed by atoms with Crippen LogP contribution in [0.2, 0.25) is 0 Å². The Labute approximate surface area is 113 Å². The molecule has 19 heavy (non-hydrogen) atoms. The number of nitrogens with zero attached hydrogens (tertiary/aromatic N) is 2. The zero-order chi connectivity index (χ0) is 13.3. The van der Waals surface area contributed by atoms with Gasteiger partial charge in [0.25, 0.3) is 0 Å². The van der Waals surface area contributed by atoms with E-state index in [0.29, 0.717) is 5.89 Å². The van der Waals surface area contributed by atoms with Crippen LogP contribution in [0.1, 0.15) is 18.1 Å². The van der Waals surface area contributed by atoms with E-state index in [1.807, 2.05) is 30.3 Å². The molecule has 0 spiro atoms. The van der Waals surface area contributed by atoms with Crippen molar-refractivity contribution in [3.05, 3.63) is 42.0 Å². The maximum Gasteiger partial charge on any atom is 0.228 e. The average molecular weight is 261 g/mol. The van der Waals surface area contributed by atoms with Crippen molar-refractivity contribution < 1.29 is 9.26 Å². The summed E-state index contributed by atoms with van der Waals surface area (Å²) in [4.78, 5) is 4.34. The SMILES string of the molecule is COCCCc1noc(CCNc2ccccc2)n1. The van der Waals surface area contributed by atoms with Gasteiger partial charge in [0.1, 0.15) is 0 Å². The number of aryl methyl sites for hydroxylation is 1. The third-order valence-corrected chi connectivity index (χ3v) is 2.70. The van der Waals surface area contributed by atoms with E-state index >= 15 is 0 Å². The van der Waals surface area contributed by atoms with Crippen LogP contribution in [0.15, 0.2) is 34.9 Å². The number of anilines is 1. The Morgan fingerprint density at radius 3 is 2.84 bits per heavy atom. The van der Waals surface area contributed by atoms with Crippen molar-refractivity contribution >= 4 is 5.69 Å². The van der Waals surface area contributed by atoms with E-state index in [2.05, 4.69) is 15.5 Å². The Morgan fingerprint density at radius 2 is 2.05 bits per heavy atom. The predicted molar refractivity (Wildman–Crippen MR) is 73.1 cm³/mol. The molecule has 102 valence electrons. The molecule has 5 heteroatoms. The van der Waals surface area contributed by atoms with E-state index in [1.54, 1.807) is 7.11 Å². The van der Waals surface area contributed by atoms with Gasteiger partial charge in [-0.15, -0.1) is 0 Å². The molecule has 0 bridgehead atoms. The summed E-state index contributed by atoms with van der Waals surface area (Å²) in [6.45, 7) is 1.50. The molecule has 0 unspecified atom stereocenters. The highest BCUT2D eigenvalue weighted by molar-refractivity contribution is 5.42. The molecule has 5 nitrogen and oxygen atoms in total. The number of aromatic nitrogens is 2. The van der Waals surface area contributed by atoms with Gasteiger partial charge in [0, 0.05) is 38.8 Å². The molecule has 0 saturated carbocycles. The normalized spacial score (nSPS) is 10.6. The highest BCUT2D eigenvalue weighted by atomic mass is 16.5. The number of methoxy groups -OCH3 is 1. The van der Waals surface area contributed by atoms with Crippen LogP contribution in [-0.2, 0) is 17.6 Å². The van der Waals surface area contributed by atoms with Crippen molar-refractivity contribution in [3.8, 4) is 0 Å². The fourth-order valence-corrected chi connectivity index (χ4v) is 1.74. The van der Waals surface area contributed by atoms with Crippen molar-refractivity contribution in [2.45, 2.75) is 19.3 Å². The molecule has 1 aromatic carbocycles. The molecule has 0 aliphatic rings. The molecule has 0 atom stereocenters. The maximum absolute atomic E-state index is 5.19. The fraction of sp³-hybridized carbons (Fsp3) is 0.429. The summed E-state index contributed by atoms with van der Waals surface area (Å²) < 4.78 is 10.2. The second-order valence-electron chi connectivity index (χ2n) is 4.24. The molecule has 0 saturated heterocycles. The van der Waals surface area contributed by atoms with Gasteiger partial charge in [-0.25, -0.2) is 0 Å². The highest BCUT2D eigenvalue weighted by Gasteiger charge is 2.05. The number of para-hydroxylation sites is 1. The number of hydrogen-bond acceptors (Lipinski definition) is 5. The first-order chi connectivity index (χ1) is 9.38. The summed E-state index contributed by atoms with van der Waals surface area (Å²) in [5.74, 6) is 1.43. The topological polar surface area (TPSA) is 60.2 Å². The van der Waals surface area contributed by atoms with Gasteiger partial charge in [0.2, 0.25) is 5.89 Å². The van der Waals surface area contributed by atoms with E-state index in [-0.39, 0.29) is 0 Å². The average Bonchev–Trinajstić information content (AvgIpc) is 2.88. The summed E-state index contributed by atoms with van der Waals surface area (Å²) in [5.41, 5.74) is 1.10. The van der Waals surface area contributed by atoms with Crippen molar-refractivity contribution in [2.24, 2.45) is 0 Å². The Bertz CT molecular complexity index is 471. The van der Waals surface area contributed by atoms with Gasteiger partial charge < -0.3 is 14.6 Å². The second kappa shape index (κ2) is 7.53. The molecule has 1 N–H and O–H groups in total. The first-order valence-corrected chi connectivity index (χ1v) is 6.48. The minimum absolute atomic E-state index is 0.677. The van der Waals surface area contributed by atoms with Gasteiger partial charge in [0.15, 0.2) is 5.82 Å². The molecule has 0 aliphatic heterocycles. The molecular weight excluding hydrogens is 242 g/mol. The Balaban J connectivity index is 1.71. The zero-order valence-electron chi connectivity index (χ0n) is 11.1. The summed E-state index contributed by atoms with van der Waals surface area (Å²) in [7, 11) is 1.69. The molecule has 1 aromatic heterocycles. The van der Waals surface area contributed by atoms with E-state index in [4.69, 9.17) is 9.26 Å². The number of rotatable bonds is 8. The molecule has 2 rings (SSSR count). The summed E-state index contributed by atoms with van der Waals surface area (Å²) >= 11 is 0. The lowest BCUT2D eigenvalue weighted by Gasteiger charge is -2.02. The zero-order valence-corrected chi connectivity index (χ0v) is 11.1. The van der Waals surface area contributed by atoms with Gasteiger partial charge in [-0.1, -0.05) is 23.4 Å². The number of nitrogens with one attached hydrogen (secondary N) is 1. The second-order valence-corrected chi connectivity index (χ2v) is 4.24. The van der Waals surface area contributed by atoms with Crippen molar-refractivity contribution in [3.63, 3.8) is 0 Å². The smallest absolute Gasteiger partial charge is 0.228 e. The third-order valence-electron chi connectivity index (χ3n) is 2.70. The Kier molecular flexibility index (Phi) is 5.37. The quantitative estimate of drug-likeness (QED) is 0.739. The molecule has 0 amide bonds. The Hall–Kier alpha value is -1.88. The van der Waals surface area contributed by atoms with Crippen LogP contribution in [0.5, 0.6) is 0 Å². The lowest BCUT2D eigenvalue weighted by atomic mass is 10.3. The summed E-state index contributed by atoms with van der Waals surface area (Å²) in [6.07, 6.45) is 2.44. The van der Waals surface area contributed by atoms with Crippen LogP contribution >= 0.6 is 0 Å². The van der Waals surface area contributed by atoms with Gasteiger partial charge in [-0.3, -0.25) is 0 Å². The van der Waals surface area contributed by atoms with E-state index in [1.165, 1.54) is 0 Å². The molecule has 1 heterocycles. The minimum Gasteiger partial charge on any atom is -0.385 e. The van der Waals surface area contributed by atoms with Crippen LogP contribution in [0, 0.1) is 0 Å². The predicted octanol–water partition coefficient (Wildman–Crippen LogP) is 2.30. The van der Waals surface area contributed by atoms with Crippen LogP contribution < -0.4 is 5.32 Å². The lowest BCUT2D eigenvalue weighted by Crippen LogP contribution is -2.05. The number of benzene rings is 1. The maximum atomic E-state index is 5.19. The first kappa shape index (κ1) is 13.5. The van der Waals surface area contributed by atoms with Crippen molar-refractivity contribution in [1.82, 2.24) is 10.1 Å². The summed E-state index contributed by atoms with van der Waals surface area (Å²) in [6, 6.07) is 10.1. The largest absolute Gasteiger partial charge is 0.385 e. The molecule has 0 fully saturated rings. The molecule has 0 radical (unpaired) electrons. The van der Waals surface area contributed by atoms with Crippen molar-refractivity contribution in [1.29, 1.82) is 0 Å². The monoisotopic (exact) mass is 261 g/mol. The van der Waals surface area contributed by atoms with Crippen LogP contribution in [0.4, 0.5) is 5.69 Å². The third kappa shape index (κ3) is 4.71. The molecule has 2 aromatic rings. The summed E-state index contributed by atoms with van der Waals surface area (Å²) in [5, 5.41) is 7.25. The molecular formula is C14H19N3O2. The van der Waals surface area contributed by atoms with E-state index in [0.717, 1.165) is 43.9 Å². The minimum atomic E-state index is 0.677. The van der Waals surface area contributed by atoms with E-state index < -0.39 is 0 Å². The molecule has 0 aliphatic carbocycles. The van der Waals surface area contributed by atoms with Gasteiger partial charge in [-0.05, 0) is 18.6 Å². The first-order valence-electron chi connectivity index (χ1n) is 6.48. The fourth-order valence-electron chi connectivity index (χ4n) is 1.74. The van der Waals surface area contributed by atoms with Crippen LogP contribution in [-0.4, -0.2) is 30.4 Å². The van der Waals surface area contributed by atoms with Crippen LogP contribution in [0.25, 0.3) is 0 Å². The number of hydrogen-bond donors (Lipinski definition) is 1. The number of ether oxygens (including phenoxy) is 1. The Morgan fingerprint density at radius 1 is 1.21 bits per heavy atom. The standard InChI is InChI=1S/C14H19N3O2/c1-18-11-5-8-13-16-14(19-17-13)9-10-15-12-6-3-2-4-7-12/h2-4,6-7,15H,5,8-11H2,1H3.